The van der Waals surface area contributed by atoms with Crippen molar-refractivity contribution in [3.05, 3.63) is 42.3 Å². The van der Waals surface area contributed by atoms with Crippen molar-refractivity contribution in [1.82, 2.24) is 29.9 Å². The third kappa shape index (κ3) is 5.22. The summed E-state index contributed by atoms with van der Waals surface area (Å²) in [6.07, 6.45) is 5.64. The molecule has 0 saturated carbocycles. The van der Waals surface area contributed by atoms with Gasteiger partial charge in [0.2, 0.25) is 5.13 Å². The Morgan fingerprint density at radius 2 is 2.03 bits per heavy atom. The van der Waals surface area contributed by atoms with E-state index in [2.05, 4.69) is 50.2 Å². The quantitative estimate of drug-likeness (QED) is 0.330. The molecular weight excluding hydrogens is 402 g/mol. The van der Waals surface area contributed by atoms with Gasteiger partial charge in [-0.05, 0) is 24.2 Å². The van der Waals surface area contributed by atoms with Gasteiger partial charge in [-0.2, -0.15) is 5.10 Å². The second-order valence-electron chi connectivity index (χ2n) is 7.94. The van der Waals surface area contributed by atoms with E-state index < -0.39 is 8.07 Å². The highest BCUT2D eigenvalue weighted by atomic mass is 32.1. The van der Waals surface area contributed by atoms with E-state index in [4.69, 9.17) is 4.74 Å². The molecule has 0 unspecified atom stereocenters. The van der Waals surface area contributed by atoms with Gasteiger partial charge in [0.05, 0.1) is 17.2 Å². The molecule has 0 aliphatic heterocycles. The van der Waals surface area contributed by atoms with Gasteiger partial charge in [0, 0.05) is 38.2 Å². The average Bonchev–Trinajstić information content (AvgIpc) is 3.36. The number of hydrogen-bond donors (Lipinski definition) is 1. The highest BCUT2D eigenvalue weighted by molar-refractivity contribution is 7.13. The summed E-state index contributed by atoms with van der Waals surface area (Å²) in [5, 5.41) is 16.1. The lowest BCUT2D eigenvalue weighted by Crippen LogP contribution is -2.22. The van der Waals surface area contributed by atoms with Crippen LogP contribution in [0.5, 0.6) is 0 Å². The van der Waals surface area contributed by atoms with E-state index in [1.807, 2.05) is 41.5 Å². The summed E-state index contributed by atoms with van der Waals surface area (Å²) >= 11 is 1.43. The van der Waals surface area contributed by atoms with E-state index >= 15 is 0 Å². The van der Waals surface area contributed by atoms with Crippen LogP contribution in [0, 0.1) is 0 Å². The summed E-state index contributed by atoms with van der Waals surface area (Å²) in [6.45, 7) is 8.27. The number of fused-ring (bicyclic) bond motifs is 1. The minimum Gasteiger partial charge on any atom is -0.360 e. The van der Waals surface area contributed by atoms with Crippen LogP contribution in [-0.4, -0.2) is 44.6 Å². The van der Waals surface area contributed by atoms with Crippen molar-refractivity contribution in [1.29, 1.82) is 0 Å². The number of ether oxygens (including phenoxy) is 1. The molecule has 0 aliphatic carbocycles. The topological polar surface area (TPSA) is 90.6 Å². The van der Waals surface area contributed by atoms with Crippen LogP contribution in [0.15, 0.2) is 42.3 Å². The number of anilines is 2. The van der Waals surface area contributed by atoms with Crippen molar-refractivity contribution in [2.75, 3.05) is 11.9 Å². The molecule has 4 aromatic rings. The predicted molar refractivity (Wildman–Crippen MR) is 118 cm³/mol. The maximum atomic E-state index is 5.77. The van der Waals surface area contributed by atoms with Crippen LogP contribution in [0.4, 0.5) is 10.9 Å². The Bertz CT molecular complexity index is 1090. The molecular formula is C19H23N7OSSi. The van der Waals surface area contributed by atoms with E-state index in [-0.39, 0.29) is 0 Å². The fourth-order valence-electron chi connectivity index (χ4n) is 2.69. The normalized spacial score (nSPS) is 11.8. The molecule has 150 valence electrons. The monoisotopic (exact) mass is 425 g/mol. The smallest absolute Gasteiger partial charge is 0.210 e. The van der Waals surface area contributed by atoms with Gasteiger partial charge in [-0.1, -0.05) is 31.0 Å². The highest BCUT2D eigenvalue weighted by Gasteiger charge is 2.12. The van der Waals surface area contributed by atoms with Gasteiger partial charge < -0.3 is 10.1 Å². The van der Waals surface area contributed by atoms with Gasteiger partial charge in [-0.15, -0.1) is 10.2 Å². The Kier molecular flexibility index (Phi) is 5.65. The molecule has 0 amide bonds. The first kappa shape index (κ1) is 19.6. The van der Waals surface area contributed by atoms with Gasteiger partial charge in [-0.25, -0.2) is 9.67 Å². The third-order valence-corrected chi connectivity index (χ3v) is 6.63. The molecule has 1 N–H and O–H groups in total. The molecule has 0 aromatic carbocycles. The van der Waals surface area contributed by atoms with E-state index in [1.165, 1.54) is 11.3 Å². The maximum Gasteiger partial charge on any atom is 0.210 e. The number of hydrogen-bond acceptors (Lipinski definition) is 8. The van der Waals surface area contributed by atoms with Crippen LogP contribution < -0.4 is 5.32 Å². The molecule has 4 aromatic heterocycles. The second kappa shape index (κ2) is 8.35. The summed E-state index contributed by atoms with van der Waals surface area (Å²) in [4.78, 5) is 9.17. The standard InChI is InChI=1S/C19H23N7OSSi/c1-29(2,3)7-6-27-13-26-11-15(10-22-26)14-8-17-16(20-9-14)4-5-18(23-17)24-19-25-21-12-28-19/h4-5,8-12H,6-7,13H2,1-3H3,(H,23,24,25). The third-order valence-electron chi connectivity index (χ3n) is 4.32. The van der Waals surface area contributed by atoms with Crippen LogP contribution in [0.1, 0.15) is 0 Å². The molecule has 4 heterocycles. The number of nitrogens with zero attached hydrogens (tertiary/aromatic N) is 6. The van der Waals surface area contributed by atoms with Gasteiger partial charge in [0.25, 0.3) is 0 Å². The summed E-state index contributed by atoms with van der Waals surface area (Å²) in [5.74, 6) is 0.708. The zero-order valence-electron chi connectivity index (χ0n) is 16.7. The number of aromatic nitrogens is 6. The molecule has 0 bridgehead atoms. The van der Waals surface area contributed by atoms with Gasteiger partial charge in [0.1, 0.15) is 18.1 Å². The zero-order valence-corrected chi connectivity index (χ0v) is 18.5. The molecule has 10 heteroatoms. The summed E-state index contributed by atoms with van der Waals surface area (Å²) in [7, 11) is -1.08. The molecule has 0 radical (unpaired) electrons. The summed E-state index contributed by atoms with van der Waals surface area (Å²) in [5.41, 5.74) is 5.26. The van der Waals surface area contributed by atoms with Crippen molar-refractivity contribution in [3.8, 4) is 11.1 Å². The van der Waals surface area contributed by atoms with Gasteiger partial charge >= 0.3 is 0 Å². The maximum absolute atomic E-state index is 5.77. The Balaban J connectivity index is 1.46. The number of rotatable bonds is 8. The fourth-order valence-corrected chi connectivity index (χ4v) is 3.90. The molecule has 0 spiro atoms. The lowest BCUT2D eigenvalue weighted by atomic mass is 10.1. The predicted octanol–water partition coefficient (Wildman–Crippen LogP) is 4.40. The molecule has 4 rings (SSSR count). The van der Waals surface area contributed by atoms with Gasteiger partial charge in [-0.3, -0.25) is 4.98 Å². The van der Waals surface area contributed by atoms with E-state index in [1.54, 1.807) is 5.51 Å². The Morgan fingerprint density at radius 3 is 2.83 bits per heavy atom. The molecule has 29 heavy (non-hydrogen) atoms. The minimum atomic E-state index is -1.08. The Labute approximate surface area is 174 Å². The lowest BCUT2D eigenvalue weighted by molar-refractivity contribution is 0.0786. The van der Waals surface area contributed by atoms with Crippen molar-refractivity contribution in [3.63, 3.8) is 0 Å². The Morgan fingerprint density at radius 1 is 1.14 bits per heavy atom. The van der Waals surface area contributed by atoms with Crippen LogP contribution in [-0.2, 0) is 11.5 Å². The van der Waals surface area contributed by atoms with Crippen molar-refractivity contribution >= 4 is 41.4 Å². The first-order chi connectivity index (χ1) is 14.0. The first-order valence-corrected chi connectivity index (χ1v) is 14.0. The number of nitrogens with one attached hydrogen (secondary N) is 1. The minimum absolute atomic E-state index is 0.458. The Hall–Kier alpha value is -2.69. The van der Waals surface area contributed by atoms with E-state index in [0.29, 0.717) is 17.7 Å². The van der Waals surface area contributed by atoms with E-state index in [9.17, 15) is 0 Å². The van der Waals surface area contributed by atoms with Crippen molar-refractivity contribution < 1.29 is 4.74 Å². The van der Waals surface area contributed by atoms with Gasteiger partial charge in [0.15, 0.2) is 0 Å². The molecule has 0 saturated heterocycles. The van der Waals surface area contributed by atoms with Crippen LogP contribution in [0.3, 0.4) is 0 Å². The largest absolute Gasteiger partial charge is 0.360 e. The van der Waals surface area contributed by atoms with Crippen LogP contribution in [0.25, 0.3) is 22.2 Å². The molecule has 0 aliphatic rings. The van der Waals surface area contributed by atoms with Crippen LogP contribution in [0.2, 0.25) is 25.7 Å². The fraction of sp³-hybridized carbons (Fsp3) is 0.316. The molecule has 8 nitrogen and oxygen atoms in total. The van der Waals surface area contributed by atoms with Crippen molar-refractivity contribution in [2.24, 2.45) is 0 Å². The van der Waals surface area contributed by atoms with E-state index in [0.717, 1.165) is 34.8 Å². The summed E-state index contributed by atoms with van der Waals surface area (Å²) in [6, 6.07) is 6.98. The average molecular weight is 426 g/mol. The molecule has 0 atom stereocenters. The zero-order chi connectivity index (χ0) is 20.3. The SMILES string of the molecule is C[Si](C)(C)CCOCn1cc(-c2cnc3ccc(Nc4nncs4)nc3c2)cn1. The van der Waals surface area contributed by atoms with Crippen LogP contribution >= 0.6 is 11.3 Å². The summed E-state index contributed by atoms with van der Waals surface area (Å²) < 4.78 is 7.58. The first-order valence-electron chi connectivity index (χ1n) is 9.37. The number of pyridine rings is 2. The van der Waals surface area contributed by atoms with Crippen molar-refractivity contribution in [2.45, 2.75) is 32.4 Å². The lowest BCUT2D eigenvalue weighted by Gasteiger charge is -2.15. The molecule has 0 fully saturated rings. The highest BCUT2D eigenvalue weighted by Crippen LogP contribution is 2.24. The second-order valence-corrected chi connectivity index (χ2v) is 14.4.